The molecule has 0 saturated heterocycles. The fourth-order valence-electron chi connectivity index (χ4n) is 0.639. The van der Waals surface area contributed by atoms with E-state index in [0.717, 1.165) is 9.13 Å². The fraction of sp³-hybridized carbons (Fsp3) is 0. The average Bonchev–Trinajstić information content (AvgIpc) is 1.88. The smallest absolute Gasteiger partial charge is 0.129 e. The standard InChI is InChI=1S/C7H5ClIN/c8-7(10)5-3-1-2-4-6(5)9/h1-4,10H. The summed E-state index contributed by atoms with van der Waals surface area (Å²) in [5.74, 6) is 0. The van der Waals surface area contributed by atoms with Crippen LogP contribution in [0.1, 0.15) is 5.56 Å². The monoisotopic (exact) mass is 265 g/mol. The van der Waals surface area contributed by atoms with Crippen molar-refractivity contribution in [3.8, 4) is 0 Å². The van der Waals surface area contributed by atoms with Crippen molar-refractivity contribution in [2.75, 3.05) is 0 Å². The first kappa shape index (κ1) is 8.01. The molecule has 0 unspecified atom stereocenters. The molecule has 0 bridgehead atoms. The zero-order chi connectivity index (χ0) is 7.56. The van der Waals surface area contributed by atoms with Gasteiger partial charge in [-0.05, 0) is 28.7 Å². The lowest BCUT2D eigenvalue weighted by molar-refractivity contribution is 1.50. The Balaban J connectivity index is 3.15. The highest BCUT2D eigenvalue weighted by molar-refractivity contribution is 14.1. The van der Waals surface area contributed by atoms with Gasteiger partial charge in [-0.3, -0.25) is 5.41 Å². The van der Waals surface area contributed by atoms with Gasteiger partial charge in [-0.25, -0.2) is 0 Å². The van der Waals surface area contributed by atoms with Crippen molar-refractivity contribution in [1.29, 1.82) is 5.41 Å². The Morgan fingerprint density at radius 3 is 2.40 bits per heavy atom. The Morgan fingerprint density at radius 1 is 1.40 bits per heavy atom. The maximum atomic E-state index is 7.14. The summed E-state index contributed by atoms with van der Waals surface area (Å²) in [6.07, 6.45) is 0. The van der Waals surface area contributed by atoms with Crippen LogP contribution in [0.4, 0.5) is 0 Å². The molecule has 0 aliphatic carbocycles. The second-order valence-corrected chi connectivity index (χ2v) is 3.33. The zero-order valence-electron chi connectivity index (χ0n) is 5.07. The largest absolute Gasteiger partial charge is 0.289 e. The minimum atomic E-state index is 0.102. The zero-order valence-corrected chi connectivity index (χ0v) is 7.98. The van der Waals surface area contributed by atoms with Crippen LogP contribution in [0, 0.1) is 8.98 Å². The van der Waals surface area contributed by atoms with Gasteiger partial charge < -0.3 is 0 Å². The van der Waals surface area contributed by atoms with Crippen molar-refractivity contribution in [2.24, 2.45) is 0 Å². The van der Waals surface area contributed by atoms with Crippen LogP contribution in [0.5, 0.6) is 0 Å². The van der Waals surface area contributed by atoms with Gasteiger partial charge in [0.05, 0.1) is 0 Å². The summed E-state index contributed by atoms with van der Waals surface area (Å²) < 4.78 is 1.01. The molecule has 0 amide bonds. The van der Waals surface area contributed by atoms with E-state index in [1.807, 2.05) is 24.3 Å². The normalized spacial score (nSPS) is 9.40. The van der Waals surface area contributed by atoms with Crippen molar-refractivity contribution in [3.05, 3.63) is 33.4 Å². The van der Waals surface area contributed by atoms with E-state index >= 15 is 0 Å². The third-order valence-corrected chi connectivity index (χ3v) is 2.25. The molecule has 0 heterocycles. The average molecular weight is 265 g/mol. The van der Waals surface area contributed by atoms with Crippen molar-refractivity contribution in [3.63, 3.8) is 0 Å². The number of hydrogen-bond acceptors (Lipinski definition) is 1. The van der Waals surface area contributed by atoms with E-state index in [9.17, 15) is 0 Å². The van der Waals surface area contributed by atoms with Crippen molar-refractivity contribution in [1.82, 2.24) is 0 Å². The summed E-state index contributed by atoms with van der Waals surface area (Å²) in [6.45, 7) is 0. The molecule has 0 aromatic heterocycles. The van der Waals surface area contributed by atoms with E-state index in [2.05, 4.69) is 22.6 Å². The first-order chi connectivity index (χ1) is 4.72. The molecule has 0 spiro atoms. The second-order valence-electron chi connectivity index (χ2n) is 1.79. The molecule has 0 radical (unpaired) electrons. The summed E-state index contributed by atoms with van der Waals surface area (Å²) in [4.78, 5) is 0. The van der Waals surface area contributed by atoms with Gasteiger partial charge >= 0.3 is 0 Å². The van der Waals surface area contributed by atoms with Crippen LogP contribution >= 0.6 is 34.2 Å². The van der Waals surface area contributed by atoms with Gasteiger partial charge in [-0.15, -0.1) is 0 Å². The molecule has 0 atom stereocenters. The predicted octanol–water partition coefficient (Wildman–Crippen LogP) is 2.86. The van der Waals surface area contributed by atoms with Crippen LogP contribution in [0.25, 0.3) is 0 Å². The van der Waals surface area contributed by atoms with Gasteiger partial charge in [0.1, 0.15) is 5.17 Å². The summed E-state index contributed by atoms with van der Waals surface area (Å²) in [7, 11) is 0. The molecular weight excluding hydrogens is 260 g/mol. The van der Waals surface area contributed by atoms with E-state index in [1.165, 1.54) is 0 Å². The van der Waals surface area contributed by atoms with E-state index in [4.69, 9.17) is 17.0 Å². The molecule has 1 rings (SSSR count). The number of nitrogens with one attached hydrogen (secondary N) is 1. The highest BCUT2D eigenvalue weighted by Gasteiger charge is 1.99. The lowest BCUT2D eigenvalue weighted by Gasteiger charge is -1.97. The van der Waals surface area contributed by atoms with Crippen LogP contribution in [-0.4, -0.2) is 5.17 Å². The highest BCUT2D eigenvalue weighted by Crippen LogP contribution is 2.12. The predicted molar refractivity (Wildman–Crippen MR) is 51.8 cm³/mol. The molecule has 0 aliphatic heterocycles. The van der Waals surface area contributed by atoms with Crippen LogP contribution < -0.4 is 0 Å². The third kappa shape index (κ3) is 1.70. The summed E-state index contributed by atoms with van der Waals surface area (Å²) >= 11 is 7.64. The van der Waals surface area contributed by atoms with Crippen LogP contribution in [0.15, 0.2) is 24.3 Å². The van der Waals surface area contributed by atoms with Gasteiger partial charge in [0.15, 0.2) is 0 Å². The fourth-order valence-corrected chi connectivity index (χ4v) is 1.62. The molecule has 3 heteroatoms. The topological polar surface area (TPSA) is 23.9 Å². The minimum absolute atomic E-state index is 0.102. The quantitative estimate of drug-likeness (QED) is 0.596. The van der Waals surface area contributed by atoms with Gasteiger partial charge in [0.2, 0.25) is 0 Å². The molecular formula is C7H5ClIN. The Morgan fingerprint density at radius 2 is 2.00 bits per heavy atom. The van der Waals surface area contributed by atoms with Crippen LogP contribution in [-0.2, 0) is 0 Å². The first-order valence-electron chi connectivity index (χ1n) is 2.71. The minimum Gasteiger partial charge on any atom is -0.289 e. The van der Waals surface area contributed by atoms with Crippen LogP contribution in [0.3, 0.4) is 0 Å². The van der Waals surface area contributed by atoms with Gasteiger partial charge in [0, 0.05) is 9.13 Å². The Kier molecular flexibility index (Phi) is 2.68. The second kappa shape index (κ2) is 3.34. The molecule has 10 heavy (non-hydrogen) atoms. The van der Waals surface area contributed by atoms with Crippen molar-refractivity contribution >= 4 is 39.4 Å². The molecule has 0 fully saturated rings. The molecule has 1 aromatic rings. The first-order valence-corrected chi connectivity index (χ1v) is 4.16. The SMILES string of the molecule is N=C(Cl)c1ccccc1I. The van der Waals surface area contributed by atoms with Gasteiger partial charge in [-0.1, -0.05) is 29.8 Å². The summed E-state index contributed by atoms with van der Waals surface area (Å²) in [6, 6.07) is 7.55. The number of halogens is 2. The number of rotatable bonds is 1. The summed E-state index contributed by atoms with van der Waals surface area (Å²) in [5.41, 5.74) is 0.796. The lowest BCUT2D eigenvalue weighted by atomic mass is 10.2. The molecule has 1 N–H and O–H groups in total. The van der Waals surface area contributed by atoms with E-state index in [0.29, 0.717) is 0 Å². The van der Waals surface area contributed by atoms with E-state index < -0.39 is 0 Å². The highest BCUT2D eigenvalue weighted by atomic mass is 127. The lowest BCUT2D eigenvalue weighted by Crippen LogP contribution is -1.90. The Hall–Kier alpha value is -0.0900. The van der Waals surface area contributed by atoms with E-state index in [-0.39, 0.29) is 5.17 Å². The number of hydrogen-bond donors (Lipinski definition) is 1. The number of benzene rings is 1. The molecule has 0 aliphatic rings. The molecule has 1 nitrogen and oxygen atoms in total. The van der Waals surface area contributed by atoms with Crippen LogP contribution in [0.2, 0.25) is 0 Å². The van der Waals surface area contributed by atoms with Gasteiger partial charge in [0.25, 0.3) is 0 Å². The maximum absolute atomic E-state index is 7.14. The maximum Gasteiger partial charge on any atom is 0.129 e. The van der Waals surface area contributed by atoms with Crippen molar-refractivity contribution < 1.29 is 0 Å². The van der Waals surface area contributed by atoms with Gasteiger partial charge in [-0.2, -0.15) is 0 Å². The molecule has 52 valence electrons. The Bertz CT molecular complexity index is 260. The summed E-state index contributed by atoms with van der Waals surface area (Å²) in [5, 5.41) is 7.24. The van der Waals surface area contributed by atoms with Crippen molar-refractivity contribution in [2.45, 2.75) is 0 Å². The molecule has 0 saturated carbocycles. The van der Waals surface area contributed by atoms with E-state index in [1.54, 1.807) is 0 Å². The third-order valence-electron chi connectivity index (χ3n) is 1.11. The Labute approximate surface area is 78.0 Å². The molecule has 1 aromatic carbocycles.